The quantitative estimate of drug-likeness (QED) is 0.0485. The van der Waals surface area contributed by atoms with Crippen LogP contribution in [0.3, 0.4) is 0 Å². The van der Waals surface area contributed by atoms with Crippen molar-refractivity contribution in [3.05, 3.63) is 48.6 Å². The second-order valence-electron chi connectivity index (χ2n) is 14.7. The number of allylic oxidation sites excluding steroid dienone is 8. The summed E-state index contributed by atoms with van der Waals surface area (Å²) in [7, 11) is 0. The van der Waals surface area contributed by atoms with Gasteiger partial charge in [-0.3, -0.25) is 4.90 Å². The van der Waals surface area contributed by atoms with Crippen LogP contribution in [-0.2, 0) is 9.47 Å². The van der Waals surface area contributed by atoms with Gasteiger partial charge in [0.1, 0.15) is 6.23 Å². The zero-order valence-electron chi connectivity index (χ0n) is 33.5. The summed E-state index contributed by atoms with van der Waals surface area (Å²) in [6, 6.07) is 0.524. The van der Waals surface area contributed by atoms with Crippen molar-refractivity contribution in [2.24, 2.45) is 0 Å². The molecule has 1 fully saturated rings. The lowest BCUT2D eigenvalue weighted by molar-refractivity contribution is -0.100. The Morgan fingerprint density at radius 2 is 0.918 bits per heavy atom. The highest BCUT2D eigenvalue weighted by molar-refractivity contribution is 4.93. The second-order valence-corrected chi connectivity index (χ2v) is 14.7. The molecule has 3 heteroatoms. The van der Waals surface area contributed by atoms with Gasteiger partial charge in [0.15, 0.2) is 0 Å². The summed E-state index contributed by atoms with van der Waals surface area (Å²) >= 11 is 0. The molecule has 1 aliphatic rings. The molecule has 3 atom stereocenters. The fraction of sp³-hybridized carbons (Fsp3) is 0.826. The lowest BCUT2D eigenvalue weighted by Crippen LogP contribution is -2.47. The maximum atomic E-state index is 6.54. The van der Waals surface area contributed by atoms with Crippen LogP contribution in [-0.4, -0.2) is 43.0 Å². The number of ether oxygens (including phenoxy) is 2. The van der Waals surface area contributed by atoms with Crippen molar-refractivity contribution in [1.82, 2.24) is 4.90 Å². The van der Waals surface area contributed by atoms with Gasteiger partial charge in [0.2, 0.25) is 0 Å². The minimum atomic E-state index is 0.255. The van der Waals surface area contributed by atoms with Crippen molar-refractivity contribution in [1.29, 1.82) is 0 Å². The van der Waals surface area contributed by atoms with Gasteiger partial charge in [-0.1, -0.05) is 153 Å². The predicted molar refractivity (Wildman–Crippen MR) is 219 cm³/mol. The predicted octanol–water partition coefficient (Wildman–Crippen LogP) is 14.6. The highest BCUT2D eigenvalue weighted by atomic mass is 16.5. The Balaban J connectivity index is 2.07. The molecule has 49 heavy (non-hydrogen) atoms. The first-order valence-electron chi connectivity index (χ1n) is 21.9. The lowest BCUT2D eigenvalue weighted by Gasteiger charge is -2.36. The average molecular weight is 684 g/mol. The maximum Gasteiger partial charge on any atom is 0.110 e. The highest BCUT2D eigenvalue weighted by Crippen LogP contribution is 2.28. The van der Waals surface area contributed by atoms with Gasteiger partial charge in [-0.25, -0.2) is 0 Å². The largest absolute Gasteiger partial charge is 0.377 e. The van der Waals surface area contributed by atoms with E-state index in [-0.39, 0.29) is 6.23 Å². The SMILES string of the molecule is CCCCC/C=C\C/C=C\CCCCCCCCOC(CC)C1CCCN1C(CC)OCCCCCCCC/C=C\C/C=C\CCCCC. The average Bonchev–Trinajstić information content (AvgIpc) is 3.60. The standard InChI is InChI=1S/C46H85NO2/c1-5-9-11-13-15-17-19-21-23-25-27-29-31-33-35-37-42-48-45(7-3)44-40-39-41-47(44)46(8-4)49-43-38-36-34-32-30-28-26-24-22-20-18-16-14-12-10-6-2/h15-18,21-24,44-46H,5-14,19-20,25-43H2,1-4H3/b17-15-,18-16-,23-21-,24-22-. The minimum absolute atomic E-state index is 0.255. The Hall–Kier alpha value is -1.16. The van der Waals surface area contributed by atoms with Crippen LogP contribution in [0.2, 0.25) is 0 Å². The second kappa shape index (κ2) is 36.6. The molecule has 0 radical (unpaired) electrons. The molecule has 1 saturated heterocycles. The van der Waals surface area contributed by atoms with Crippen molar-refractivity contribution in [3.8, 4) is 0 Å². The van der Waals surface area contributed by atoms with Crippen LogP contribution < -0.4 is 0 Å². The summed E-state index contributed by atoms with van der Waals surface area (Å²) < 4.78 is 13.0. The number of hydrogen-bond acceptors (Lipinski definition) is 3. The number of rotatable bonds is 36. The van der Waals surface area contributed by atoms with Crippen LogP contribution in [0.4, 0.5) is 0 Å². The van der Waals surface area contributed by atoms with E-state index in [4.69, 9.17) is 9.47 Å². The van der Waals surface area contributed by atoms with Gasteiger partial charge in [-0.05, 0) is 103 Å². The molecule has 1 rings (SSSR count). The van der Waals surface area contributed by atoms with Crippen LogP contribution in [0.25, 0.3) is 0 Å². The Labute approximate surface area is 307 Å². The molecule has 0 aromatic heterocycles. The van der Waals surface area contributed by atoms with Gasteiger partial charge in [0.05, 0.1) is 6.10 Å². The number of likely N-dealkylation sites (tertiary alicyclic amines) is 1. The third-order valence-electron chi connectivity index (χ3n) is 10.2. The lowest BCUT2D eigenvalue weighted by atomic mass is 10.1. The van der Waals surface area contributed by atoms with Gasteiger partial charge in [-0.2, -0.15) is 0 Å². The summed E-state index contributed by atoms with van der Waals surface area (Å²) in [6.45, 7) is 12.1. The Morgan fingerprint density at radius 1 is 0.490 bits per heavy atom. The molecule has 1 heterocycles. The summed E-state index contributed by atoms with van der Waals surface area (Å²) in [5.74, 6) is 0. The minimum Gasteiger partial charge on any atom is -0.377 e. The summed E-state index contributed by atoms with van der Waals surface area (Å²) in [6.07, 6.45) is 55.1. The van der Waals surface area contributed by atoms with E-state index < -0.39 is 0 Å². The van der Waals surface area contributed by atoms with Crippen LogP contribution in [0.5, 0.6) is 0 Å². The third kappa shape index (κ3) is 27.2. The molecule has 1 aliphatic heterocycles. The van der Waals surface area contributed by atoms with Crippen LogP contribution >= 0.6 is 0 Å². The van der Waals surface area contributed by atoms with E-state index in [9.17, 15) is 0 Å². The van der Waals surface area contributed by atoms with Gasteiger partial charge in [0.25, 0.3) is 0 Å². The summed E-state index contributed by atoms with van der Waals surface area (Å²) in [4.78, 5) is 2.66. The Morgan fingerprint density at radius 3 is 1.37 bits per heavy atom. The fourth-order valence-electron chi connectivity index (χ4n) is 7.16. The maximum absolute atomic E-state index is 6.54. The smallest absolute Gasteiger partial charge is 0.110 e. The number of hydrogen-bond donors (Lipinski definition) is 0. The molecule has 0 bridgehead atoms. The number of nitrogens with zero attached hydrogens (tertiary/aromatic N) is 1. The van der Waals surface area contributed by atoms with Crippen molar-refractivity contribution in [3.63, 3.8) is 0 Å². The van der Waals surface area contributed by atoms with E-state index in [2.05, 4.69) is 81.2 Å². The van der Waals surface area contributed by atoms with Crippen LogP contribution in [0.1, 0.15) is 207 Å². The first-order chi connectivity index (χ1) is 24.3. The van der Waals surface area contributed by atoms with Crippen molar-refractivity contribution >= 4 is 0 Å². The van der Waals surface area contributed by atoms with E-state index >= 15 is 0 Å². The van der Waals surface area contributed by atoms with E-state index in [1.807, 2.05) is 0 Å². The van der Waals surface area contributed by atoms with Gasteiger partial charge in [-0.15, -0.1) is 0 Å². The van der Waals surface area contributed by atoms with Crippen LogP contribution in [0.15, 0.2) is 48.6 Å². The summed E-state index contributed by atoms with van der Waals surface area (Å²) in [5, 5.41) is 0. The first-order valence-corrected chi connectivity index (χ1v) is 21.9. The topological polar surface area (TPSA) is 21.7 Å². The van der Waals surface area contributed by atoms with Gasteiger partial charge < -0.3 is 9.47 Å². The molecule has 0 amide bonds. The first kappa shape index (κ1) is 45.9. The molecule has 3 unspecified atom stereocenters. The van der Waals surface area contributed by atoms with Crippen molar-refractivity contribution in [2.75, 3.05) is 19.8 Å². The van der Waals surface area contributed by atoms with Gasteiger partial charge in [0, 0.05) is 25.8 Å². The molecular formula is C46H85NO2. The van der Waals surface area contributed by atoms with Crippen molar-refractivity contribution in [2.45, 2.75) is 226 Å². The molecule has 3 nitrogen and oxygen atoms in total. The van der Waals surface area contributed by atoms with Crippen molar-refractivity contribution < 1.29 is 9.47 Å². The number of unbranched alkanes of at least 4 members (excludes halogenated alkanes) is 18. The van der Waals surface area contributed by atoms with Gasteiger partial charge >= 0.3 is 0 Å². The zero-order valence-corrected chi connectivity index (χ0v) is 33.5. The zero-order chi connectivity index (χ0) is 35.3. The molecule has 0 aromatic rings. The molecule has 0 N–H and O–H groups in total. The molecule has 0 aliphatic carbocycles. The normalized spacial score (nSPS) is 17.2. The van der Waals surface area contributed by atoms with E-state index in [0.717, 1.165) is 45.4 Å². The fourth-order valence-corrected chi connectivity index (χ4v) is 7.16. The van der Waals surface area contributed by atoms with Crippen LogP contribution in [0, 0.1) is 0 Å². The summed E-state index contributed by atoms with van der Waals surface area (Å²) in [5.41, 5.74) is 0. The Kier molecular flexibility index (Phi) is 34.3. The highest BCUT2D eigenvalue weighted by Gasteiger charge is 2.35. The molecular weight excluding hydrogens is 599 g/mol. The molecule has 0 spiro atoms. The monoisotopic (exact) mass is 684 g/mol. The van der Waals surface area contributed by atoms with E-state index in [1.165, 1.54) is 154 Å². The molecule has 0 saturated carbocycles. The molecule has 0 aromatic carbocycles. The van der Waals surface area contributed by atoms with E-state index in [0.29, 0.717) is 12.1 Å². The third-order valence-corrected chi connectivity index (χ3v) is 10.2. The Bertz CT molecular complexity index is 722. The molecule has 286 valence electrons. The van der Waals surface area contributed by atoms with E-state index in [1.54, 1.807) is 0 Å².